The predicted octanol–water partition coefficient (Wildman–Crippen LogP) is 0.355. The standard InChI is InChI=1S/C11H15NO4/c1-15-8-10(7-13)12-16-11(14)9-5-3-2-4-6-9/h2-6,10,12-13H,7-8H2,1H3/t10-/m1/s1. The van der Waals surface area contributed by atoms with Gasteiger partial charge in [0.2, 0.25) is 0 Å². The van der Waals surface area contributed by atoms with Crippen molar-refractivity contribution >= 4 is 5.97 Å². The van der Waals surface area contributed by atoms with Gasteiger partial charge < -0.3 is 14.7 Å². The van der Waals surface area contributed by atoms with Gasteiger partial charge >= 0.3 is 5.97 Å². The molecule has 0 saturated heterocycles. The smallest absolute Gasteiger partial charge is 0.356 e. The molecule has 88 valence electrons. The second kappa shape index (κ2) is 6.95. The molecule has 0 fully saturated rings. The average molecular weight is 225 g/mol. The summed E-state index contributed by atoms with van der Waals surface area (Å²) in [5.74, 6) is -0.491. The lowest BCUT2D eigenvalue weighted by molar-refractivity contribution is -0.00491. The number of hydrogen-bond acceptors (Lipinski definition) is 5. The van der Waals surface area contributed by atoms with E-state index >= 15 is 0 Å². The van der Waals surface area contributed by atoms with Gasteiger partial charge in [-0.25, -0.2) is 4.79 Å². The quantitative estimate of drug-likeness (QED) is 0.684. The van der Waals surface area contributed by atoms with E-state index in [1.807, 2.05) is 6.07 Å². The van der Waals surface area contributed by atoms with Crippen LogP contribution in [0.25, 0.3) is 0 Å². The number of rotatable bonds is 6. The highest BCUT2D eigenvalue weighted by molar-refractivity contribution is 5.89. The molecule has 0 saturated carbocycles. The van der Waals surface area contributed by atoms with E-state index in [2.05, 4.69) is 5.48 Å². The molecular formula is C11H15NO4. The highest BCUT2D eigenvalue weighted by atomic mass is 16.7. The van der Waals surface area contributed by atoms with Gasteiger partial charge in [0.05, 0.1) is 24.8 Å². The molecule has 1 atom stereocenters. The largest absolute Gasteiger partial charge is 0.395 e. The summed E-state index contributed by atoms with van der Waals surface area (Å²) in [5, 5.41) is 8.91. The fourth-order valence-corrected chi connectivity index (χ4v) is 1.10. The summed E-state index contributed by atoms with van der Waals surface area (Å²) in [7, 11) is 1.50. The number of carbonyl (C=O) groups excluding carboxylic acids is 1. The minimum Gasteiger partial charge on any atom is -0.395 e. The Bertz CT molecular complexity index is 315. The van der Waals surface area contributed by atoms with E-state index in [0.29, 0.717) is 5.56 Å². The Morgan fingerprint density at radius 3 is 2.69 bits per heavy atom. The van der Waals surface area contributed by atoms with E-state index in [-0.39, 0.29) is 13.2 Å². The molecule has 0 bridgehead atoms. The van der Waals surface area contributed by atoms with E-state index in [1.165, 1.54) is 7.11 Å². The van der Waals surface area contributed by atoms with Gasteiger partial charge in [0, 0.05) is 7.11 Å². The fourth-order valence-electron chi connectivity index (χ4n) is 1.10. The first-order chi connectivity index (χ1) is 7.77. The molecule has 0 radical (unpaired) electrons. The van der Waals surface area contributed by atoms with E-state index in [4.69, 9.17) is 14.7 Å². The monoisotopic (exact) mass is 225 g/mol. The molecule has 0 amide bonds. The zero-order valence-electron chi connectivity index (χ0n) is 9.05. The molecule has 16 heavy (non-hydrogen) atoms. The number of methoxy groups -OCH3 is 1. The van der Waals surface area contributed by atoms with Crippen molar-refractivity contribution in [3.63, 3.8) is 0 Å². The lowest BCUT2D eigenvalue weighted by Crippen LogP contribution is -2.38. The molecule has 0 aromatic heterocycles. The van der Waals surface area contributed by atoms with Gasteiger partial charge in [0.15, 0.2) is 0 Å². The third-order valence-electron chi connectivity index (χ3n) is 1.92. The summed E-state index contributed by atoms with van der Waals surface area (Å²) in [4.78, 5) is 16.3. The highest BCUT2D eigenvalue weighted by Gasteiger charge is 2.11. The molecular weight excluding hydrogens is 210 g/mol. The van der Waals surface area contributed by atoms with Crippen LogP contribution < -0.4 is 5.48 Å². The number of aliphatic hydroxyl groups is 1. The van der Waals surface area contributed by atoms with Crippen LogP contribution in [0.5, 0.6) is 0 Å². The lowest BCUT2D eigenvalue weighted by Gasteiger charge is -2.14. The third kappa shape index (κ3) is 3.98. The van der Waals surface area contributed by atoms with Crippen LogP contribution in [0, 0.1) is 0 Å². The summed E-state index contributed by atoms with van der Waals surface area (Å²) in [5.41, 5.74) is 2.89. The van der Waals surface area contributed by atoms with Crippen LogP contribution in [-0.2, 0) is 9.57 Å². The van der Waals surface area contributed by atoms with Crippen molar-refractivity contribution in [2.75, 3.05) is 20.3 Å². The summed E-state index contributed by atoms with van der Waals surface area (Å²) in [6.07, 6.45) is 0. The molecule has 5 nitrogen and oxygen atoms in total. The normalized spacial score (nSPS) is 12.1. The third-order valence-corrected chi connectivity index (χ3v) is 1.92. The van der Waals surface area contributed by atoms with Crippen molar-refractivity contribution in [2.24, 2.45) is 0 Å². The zero-order chi connectivity index (χ0) is 11.8. The molecule has 1 aromatic rings. The fraction of sp³-hybridized carbons (Fsp3) is 0.364. The van der Waals surface area contributed by atoms with E-state index < -0.39 is 12.0 Å². The van der Waals surface area contributed by atoms with Crippen LogP contribution in [0.3, 0.4) is 0 Å². The summed E-state index contributed by atoms with van der Waals surface area (Å²) >= 11 is 0. The van der Waals surface area contributed by atoms with Crippen LogP contribution in [0.1, 0.15) is 10.4 Å². The molecule has 0 aliphatic carbocycles. The molecule has 2 N–H and O–H groups in total. The number of nitrogens with one attached hydrogen (secondary N) is 1. The second-order valence-corrected chi connectivity index (χ2v) is 3.21. The molecule has 1 rings (SSSR count). The molecule has 0 aliphatic heterocycles. The second-order valence-electron chi connectivity index (χ2n) is 3.21. The minimum absolute atomic E-state index is 0.171. The summed E-state index contributed by atoms with van der Waals surface area (Å²) < 4.78 is 4.82. The van der Waals surface area contributed by atoms with Crippen molar-refractivity contribution in [1.29, 1.82) is 0 Å². The Hall–Kier alpha value is -1.43. The SMILES string of the molecule is COC[C@@H](CO)NOC(=O)c1ccccc1. The molecule has 5 heteroatoms. The first kappa shape index (κ1) is 12.6. The Morgan fingerprint density at radius 2 is 2.12 bits per heavy atom. The minimum atomic E-state index is -0.491. The number of hydroxylamine groups is 1. The van der Waals surface area contributed by atoms with Gasteiger partial charge in [-0.05, 0) is 12.1 Å². The van der Waals surface area contributed by atoms with Gasteiger partial charge in [-0.15, -0.1) is 5.48 Å². The maximum absolute atomic E-state index is 11.5. The van der Waals surface area contributed by atoms with Gasteiger partial charge in [0.1, 0.15) is 0 Å². The van der Waals surface area contributed by atoms with E-state index in [9.17, 15) is 4.79 Å². The number of benzene rings is 1. The molecule has 0 heterocycles. The average Bonchev–Trinajstić information content (AvgIpc) is 2.35. The number of aliphatic hydroxyl groups excluding tert-OH is 1. The molecule has 0 unspecified atom stereocenters. The first-order valence-electron chi connectivity index (χ1n) is 4.89. The molecule has 0 aliphatic rings. The van der Waals surface area contributed by atoms with Crippen LogP contribution in [0.15, 0.2) is 30.3 Å². The molecule has 1 aromatic carbocycles. The van der Waals surface area contributed by atoms with Crippen molar-refractivity contribution in [1.82, 2.24) is 5.48 Å². The maximum atomic E-state index is 11.5. The molecule has 0 spiro atoms. The van der Waals surface area contributed by atoms with Crippen LogP contribution >= 0.6 is 0 Å². The van der Waals surface area contributed by atoms with Crippen molar-refractivity contribution in [2.45, 2.75) is 6.04 Å². The zero-order valence-corrected chi connectivity index (χ0v) is 9.05. The number of ether oxygens (including phenoxy) is 1. The van der Waals surface area contributed by atoms with Gasteiger partial charge in [-0.2, -0.15) is 0 Å². The van der Waals surface area contributed by atoms with Gasteiger partial charge in [-0.3, -0.25) is 0 Å². The first-order valence-corrected chi connectivity index (χ1v) is 4.89. The number of carbonyl (C=O) groups is 1. The van der Waals surface area contributed by atoms with E-state index in [0.717, 1.165) is 0 Å². The van der Waals surface area contributed by atoms with Crippen LogP contribution in [0.4, 0.5) is 0 Å². The van der Waals surface area contributed by atoms with Crippen molar-refractivity contribution in [3.8, 4) is 0 Å². The van der Waals surface area contributed by atoms with Crippen molar-refractivity contribution < 1.29 is 19.5 Å². The topological polar surface area (TPSA) is 67.8 Å². The van der Waals surface area contributed by atoms with Crippen molar-refractivity contribution in [3.05, 3.63) is 35.9 Å². The number of hydrogen-bond donors (Lipinski definition) is 2. The highest BCUT2D eigenvalue weighted by Crippen LogP contribution is 2.00. The van der Waals surface area contributed by atoms with E-state index in [1.54, 1.807) is 24.3 Å². The Balaban J connectivity index is 2.40. The lowest BCUT2D eigenvalue weighted by atomic mass is 10.2. The van der Waals surface area contributed by atoms with Crippen LogP contribution in [0.2, 0.25) is 0 Å². The van der Waals surface area contributed by atoms with Crippen LogP contribution in [-0.4, -0.2) is 37.4 Å². The summed E-state index contributed by atoms with van der Waals surface area (Å²) in [6.45, 7) is 0.0917. The maximum Gasteiger partial charge on any atom is 0.356 e. The van der Waals surface area contributed by atoms with Gasteiger partial charge in [-0.1, -0.05) is 18.2 Å². The Morgan fingerprint density at radius 1 is 1.44 bits per heavy atom. The Labute approximate surface area is 93.9 Å². The summed E-state index contributed by atoms with van der Waals surface area (Å²) in [6, 6.07) is 8.18. The predicted molar refractivity (Wildman–Crippen MR) is 57.7 cm³/mol. The van der Waals surface area contributed by atoms with Gasteiger partial charge in [0.25, 0.3) is 0 Å². The Kier molecular flexibility index (Phi) is 5.49.